The molecule has 2 atom stereocenters. The zero-order valence-electron chi connectivity index (χ0n) is 19.0. The van der Waals surface area contributed by atoms with E-state index in [9.17, 15) is 9.18 Å². The number of carbonyl (C=O) groups is 1. The molecule has 3 aromatic rings. The highest BCUT2D eigenvalue weighted by atomic mass is 19.1. The Bertz CT molecular complexity index is 1170. The zero-order valence-corrected chi connectivity index (χ0v) is 19.0. The Labute approximate surface area is 197 Å². The Balaban J connectivity index is 1.68. The predicted octanol–water partition coefficient (Wildman–Crippen LogP) is 3.32. The first kappa shape index (κ1) is 23.7. The van der Waals surface area contributed by atoms with Gasteiger partial charge in [-0.3, -0.25) is 9.78 Å². The number of ether oxygens (including phenoxy) is 2. The predicted molar refractivity (Wildman–Crippen MR) is 129 cm³/mol. The average molecular weight is 469 g/mol. The van der Waals surface area contributed by atoms with Crippen molar-refractivity contribution in [2.24, 2.45) is 11.5 Å². The fourth-order valence-electron chi connectivity index (χ4n) is 4.10. The number of benzene rings is 1. The number of anilines is 3. The van der Waals surface area contributed by atoms with Gasteiger partial charge in [0.05, 0.1) is 12.2 Å². The minimum Gasteiger partial charge on any atom is -0.489 e. The molecule has 6 N–H and O–H groups in total. The molecule has 1 aliphatic rings. The lowest BCUT2D eigenvalue weighted by molar-refractivity contribution is 0.100. The number of amides is 1. The maximum atomic E-state index is 14.8. The number of aromatic nitrogens is 2. The summed E-state index contributed by atoms with van der Waals surface area (Å²) in [7, 11) is 1.59. The van der Waals surface area contributed by atoms with Gasteiger partial charge >= 0.3 is 0 Å². The summed E-state index contributed by atoms with van der Waals surface area (Å²) in [6.07, 6.45) is 5.42. The monoisotopic (exact) mass is 468 g/mol. The number of nitrogens with zero attached hydrogens (tertiary/aromatic N) is 2. The Morgan fingerprint density at radius 3 is 2.79 bits per heavy atom. The van der Waals surface area contributed by atoms with E-state index in [-0.39, 0.29) is 29.3 Å². The van der Waals surface area contributed by atoms with Gasteiger partial charge in [-0.25, -0.2) is 9.37 Å². The van der Waals surface area contributed by atoms with Gasteiger partial charge in [0.25, 0.3) is 5.91 Å². The van der Waals surface area contributed by atoms with Gasteiger partial charge < -0.3 is 31.6 Å². The summed E-state index contributed by atoms with van der Waals surface area (Å²) in [5.74, 6) is -0.773. The second-order valence-electron chi connectivity index (χ2n) is 8.29. The number of carbonyl (C=O) groups excluding carboxylic acids is 1. The molecule has 1 amide bonds. The minimum atomic E-state index is -0.797. The zero-order chi connectivity index (χ0) is 24.1. The van der Waals surface area contributed by atoms with Gasteiger partial charge in [-0.05, 0) is 31.0 Å². The number of nitrogens with one attached hydrogen (secondary N) is 2. The van der Waals surface area contributed by atoms with Gasteiger partial charge in [-0.15, -0.1) is 0 Å². The van der Waals surface area contributed by atoms with Gasteiger partial charge in [0.1, 0.15) is 23.7 Å². The van der Waals surface area contributed by atoms with Crippen molar-refractivity contribution in [1.82, 2.24) is 9.97 Å². The van der Waals surface area contributed by atoms with Crippen LogP contribution in [0, 0.1) is 5.82 Å². The molecule has 10 heteroatoms. The number of methoxy groups -OCH3 is 1. The summed E-state index contributed by atoms with van der Waals surface area (Å²) in [5, 5.41) is 7.03. The van der Waals surface area contributed by atoms with Crippen molar-refractivity contribution in [3.05, 3.63) is 47.9 Å². The van der Waals surface area contributed by atoms with Crippen LogP contribution in [0.15, 0.2) is 36.5 Å². The summed E-state index contributed by atoms with van der Waals surface area (Å²) in [4.78, 5) is 20.8. The average Bonchev–Trinajstić information content (AvgIpc) is 2.82. The summed E-state index contributed by atoms with van der Waals surface area (Å²) in [6, 6.07) is 8.17. The molecule has 9 nitrogen and oxygen atoms in total. The van der Waals surface area contributed by atoms with Crippen LogP contribution in [0.4, 0.5) is 21.7 Å². The fourth-order valence-corrected chi connectivity index (χ4v) is 4.10. The third kappa shape index (κ3) is 5.35. The molecule has 0 aliphatic heterocycles. The molecule has 0 spiro atoms. The summed E-state index contributed by atoms with van der Waals surface area (Å²) in [6.45, 7) is 0.748. The molecule has 1 aromatic carbocycles. The lowest BCUT2D eigenvalue weighted by atomic mass is 9.91. The maximum Gasteiger partial charge on any atom is 0.252 e. The quantitative estimate of drug-likeness (QED) is 0.351. The molecule has 1 fully saturated rings. The number of pyridine rings is 2. The second kappa shape index (κ2) is 10.6. The van der Waals surface area contributed by atoms with Crippen LogP contribution >= 0.6 is 0 Å². The van der Waals surface area contributed by atoms with Crippen LogP contribution in [0.3, 0.4) is 0 Å². The first-order valence-corrected chi connectivity index (χ1v) is 11.3. The molecule has 0 unspecified atom stereocenters. The van der Waals surface area contributed by atoms with E-state index in [4.69, 9.17) is 20.9 Å². The standard InChI is InChI=1S/C24H29FN6O3/c1-33-9-10-34-20-12-15(11-14-5-4-8-28-21(14)20)29-23-16(22(27)32)13-17(25)24(31-23)30-19-7-3-2-6-18(19)26/h4-5,8,11-13,18-19H,2-3,6-7,9-10,26H2,1H3,(H2,27,32)(H2,29,30,31)/t18-,19+/m0/s1. The molecule has 4 rings (SSSR count). The topological polar surface area (TPSA) is 137 Å². The number of nitrogens with two attached hydrogens (primary N) is 2. The second-order valence-corrected chi connectivity index (χ2v) is 8.29. The van der Waals surface area contributed by atoms with Crippen LogP contribution in [0.5, 0.6) is 5.75 Å². The highest BCUT2D eigenvalue weighted by Gasteiger charge is 2.24. The number of hydrogen-bond donors (Lipinski definition) is 4. The molecule has 34 heavy (non-hydrogen) atoms. The number of rotatable bonds is 9. The van der Waals surface area contributed by atoms with Crippen LogP contribution in [-0.2, 0) is 4.74 Å². The van der Waals surface area contributed by atoms with E-state index >= 15 is 0 Å². The van der Waals surface area contributed by atoms with Crippen LogP contribution in [0.2, 0.25) is 0 Å². The molecule has 0 saturated heterocycles. The van der Waals surface area contributed by atoms with Gasteiger partial charge in [-0.1, -0.05) is 18.9 Å². The number of halogens is 1. The van der Waals surface area contributed by atoms with E-state index in [0.29, 0.717) is 30.2 Å². The fraction of sp³-hybridized carbons (Fsp3) is 0.375. The minimum absolute atomic E-state index is 0.0221. The van der Waals surface area contributed by atoms with E-state index < -0.39 is 11.7 Å². The van der Waals surface area contributed by atoms with Crippen LogP contribution < -0.4 is 26.8 Å². The molecular weight excluding hydrogens is 439 g/mol. The number of hydrogen-bond acceptors (Lipinski definition) is 8. The molecule has 180 valence electrons. The van der Waals surface area contributed by atoms with Crippen molar-refractivity contribution in [3.8, 4) is 5.75 Å². The van der Waals surface area contributed by atoms with Gasteiger partial charge in [0.2, 0.25) is 0 Å². The van der Waals surface area contributed by atoms with E-state index in [1.165, 1.54) is 0 Å². The Hall–Kier alpha value is -3.50. The smallest absolute Gasteiger partial charge is 0.252 e. The third-order valence-corrected chi connectivity index (χ3v) is 5.86. The van der Waals surface area contributed by atoms with E-state index in [0.717, 1.165) is 37.1 Å². The van der Waals surface area contributed by atoms with Crippen molar-refractivity contribution in [1.29, 1.82) is 0 Å². The Morgan fingerprint density at radius 1 is 1.21 bits per heavy atom. The lowest BCUT2D eigenvalue weighted by Crippen LogP contribution is -2.43. The van der Waals surface area contributed by atoms with Crippen molar-refractivity contribution >= 4 is 34.1 Å². The van der Waals surface area contributed by atoms with Crippen molar-refractivity contribution < 1.29 is 18.7 Å². The van der Waals surface area contributed by atoms with Crippen LogP contribution in [0.25, 0.3) is 10.9 Å². The molecule has 2 heterocycles. The van der Waals surface area contributed by atoms with Gasteiger partial charge in [0.15, 0.2) is 11.6 Å². The van der Waals surface area contributed by atoms with Gasteiger partial charge in [0, 0.05) is 42.5 Å². The largest absolute Gasteiger partial charge is 0.489 e. The molecule has 2 aromatic heterocycles. The summed E-state index contributed by atoms with van der Waals surface area (Å²) < 4.78 is 25.7. The third-order valence-electron chi connectivity index (χ3n) is 5.86. The van der Waals surface area contributed by atoms with Crippen LogP contribution in [0.1, 0.15) is 36.0 Å². The van der Waals surface area contributed by atoms with E-state index in [1.807, 2.05) is 18.2 Å². The number of primary amides is 1. The highest BCUT2D eigenvalue weighted by Crippen LogP contribution is 2.32. The lowest BCUT2D eigenvalue weighted by Gasteiger charge is -2.30. The van der Waals surface area contributed by atoms with E-state index in [2.05, 4.69) is 20.6 Å². The molecule has 0 bridgehead atoms. The highest BCUT2D eigenvalue weighted by molar-refractivity contribution is 5.99. The first-order valence-electron chi connectivity index (χ1n) is 11.3. The molecule has 0 radical (unpaired) electrons. The van der Waals surface area contributed by atoms with Gasteiger partial charge in [-0.2, -0.15) is 0 Å². The molecule has 1 saturated carbocycles. The first-order chi connectivity index (χ1) is 16.5. The van der Waals surface area contributed by atoms with Crippen molar-refractivity contribution in [2.75, 3.05) is 31.0 Å². The summed E-state index contributed by atoms with van der Waals surface area (Å²) in [5.41, 5.74) is 12.9. The number of fused-ring (bicyclic) bond motifs is 1. The maximum absolute atomic E-state index is 14.8. The van der Waals surface area contributed by atoms with Crippen molar-refractivity contribution in [3.63, 3.8) is 0 Å². The normalized spacial score (nSPS) is 18.0. The summed E-state index contributed by atoms with van der Waals surface area (Å²) >= 11 is 0. The van der Waals surface area contributed by atoms with Crippen molar-refractivity contribution in [2.45, 2.75) is 37.8 Å². The molecular formula is C24H29FN6O3. The molecule has 1 aliphatic carbocycles. The SMILES string of the molecule is COCCOc1cc(Nc2nc(N[C@@H]3CCCC[C@@H]3N)c(F)cc2C(N)=O)cc2cccnc12. The Kier molecular flexibility index (Phi) is 7.39. The van der Waals surface area contributed by atoms with Crippen LogP contribution in [-0.4, -0.2) is 48.3 Å². The Morgan fingerprint density at radius 2 is 2.03 bits per heavy atom. The van der Waals surface area contributed by atoms with E-state index in [1.54, 1.807) is 19.4 Å².